The zero-order chi connectivity index (χ0) is 14.9. The molecule has 2 nitrogen and oxygen atoms in total. The van der Waals surface area contributed by atoms with Gasteiger partial charge in [0.25, 0.3) is 0 Å². The molecule has 0 heterocycles. The van der Waals surface area contributed by atoms with E-state index in [2.05, 4.69) is 65.0 Å². The monoisotopic (exact) mass is 281 g/mol. The van der Waals surface area contributed by atoms with Gasteiger partial charge in [-0.1, -0.05) is 64.4 Å². The van der Waals surface area contributed by atoms with Gasteiger partial charge in [-0.25, -0.2) is 4.73 Å². The average molecular weight is 282 g/mol. The van der Waals surface area contributed by atoms with Crippen LogP contribution in [0, 0.1) is 0 Å². The first-order valence-corrected chi connectivity index (χ1v) is 8.06. The summed E-state index contributed by atoms with van der Waals surface area (Å²) in [6.07, 6.45) is 2.76. The summed E-state index contributed by atoms with van der Waals surface area (Å²) in [6, 6.07) is 10.6. The van der Waals surface area contributed by atoms with Crippen LogP contribution in [0.5, 0.6) is 0 Å². The molecule has 0 fully saturated rings. The fraction of sp³-hybridized carbons (Fsp3) is 0.625. The Hall–Kier alpha value is -0.643. The second kappa shape index (κ2) is 9.29. The van der Waals surface area contributed by atoms with Gasteiger partial charge in [0, 0.05) is 7.05 Å². The maximum atomic E-state index is 5.39. The highest BCUT2D eigenvalue weighted by Gasteiger charge is 2.11. The van der Waals surface area contributed by atoms with Crippen LogP contribution in [0.4, 0.5) is 0 Å². The summed E-state index contributed by atoms with van der Waals surface area (Å²) in [5.74, 6) is 0. The van der Waals surface area contributed by atoms with Crippen molar-refractivity contribution in [3.05, 3.63) is 35.9 Å². The second-order valence-corrected chi connectivity index (χ2v) is 7.39. The Labute approximate surface area is 122 Å². The Bertz CT molecular complexity index is 319. The van der Waals surface area contributed by atoms with E-state index in [1.54, 1.807) is 0 Å². The molecule has 1 unspecified atom stereocenters. The lowest BCUT2D eigenvalue weighted by molar-refractivity contribution is -0.112. The van der Waals surface area contributed by atoms with E-state index in [1.807, 2.05) is 11.8 Å². The SMILES string of the molecule is CC(C)(C)c1ccccc1.CCCC(C)ON(C)[SiH3]. The van der Waals surface area contributed by atoms with E-state index >= 15 is 0 Å². The summed E-state index contributed by atoms with van der Waals surface area (Å²) in [5.41, 5.74) is 1.69. The number of hydrogen-bond donors (Lipinski definition) is 0. The molecule has 0 aliphatic heterocycles. The van der Waals surface area contributed by atoms with Crippen LogP contribution in [0.3, 0.4) is 0 Å². The molecule has 0 aliphatic rings. The van der Waals surface area contributed by atoms with E-state index in [0.717, 1.165) is 16.8 Å². The molecule has 1 rings (SSSR count). The fourth-order valence-electron chi connectivity index (χ4n) is 1.76. The summed E-state index contributed by atoms with van der Waals surface area (Å²) in [5, 5.41) is 0. The molecule has 0 radical (unpaired) electrons. The molecule has 0 saturated carbocycles. The van der Waals surface area contributed by atoms with Crippen molar-refractivity contribution in [2.45, 2.75) is 59.0 Å². The van der Waals surface area contributed by atoms with Crippen molar-refractivity contribution in [1.29, 1.82) is 0 Å². The normalized spacial score (nSPS) is 13.0. The molecular weight excluding hydrogens is 250 g/mol. The van der Waals surface area contributed by atoms with E-state index in [0.29, 0.717) is 11.5 Å². The van der Waals surface area contributed by atoms with Crippen LogP contribution >= 0.6 is 0 Å². The van der Waals surface area contributed by atoms with Crippen molar-refractivity contribution in [3.63, 3.8) is 0 Å². The summed E-state index contributed by atoms with van der Waals surface area (Å²) in [6.45, 7) is 11.0. The molecule has 1 aromatic carbocycles. The topological polar surface area (TPSA) is 12.5 Å². The van der Waals surface area contributed by atoms with E-state index < -0.39 is 0 Å². The Kier molecular flexibility index (Phi) is 8.98. The summed E-state index contributed by atoms with van der Waals surface area (Å²) in [4.78, 5) is 5.39. The van der Waals surface area contributed by atoms with Crippen molar-refractivity contribution < 1.29 is 4.84 Å². The smallest absolute Gasteiger partial charge is 0.113 e. The third kappa shape index (κ3) is 9.88. The Morgan fingerprint density at radius 1 is 1.21 bits per heavy atom. The highest BCUT2D eigenvalue weighted by atomic mass is 28.2. The fourth-order valence-corrected chi connectivity index (χ4v) is 2.12. The molecular formula is C16H31NOSi. The highest BCUT2D eigenvalue weighted by molar-refractivity contribution is 6.03. The maximum absolute atomic E-state index is 5.39. The predicted octanol–water partition coefficient (Wildman–Crippen LogP) is 3.30. The van der Waals surface area contributed by atoms with Crippen molar-refractivity contribution in [2.24, 2.45) is 0 Å². The van der Waals surface area contributed by atoms with Gasteiger partial charge in [-0.3, -0.25) is 0 Å². The first-order chi connectivity index (χ1) is 8.77. The van der Waals surface area contributed by atoms with Gasteiger partial charge < -0.3 is 4.84 Å². The standard InChI is InChI=1S/C10H14.C6H17NOSi/c1-10(2,3)9-7-5-4-6-8-9;1-4-5-6(2)8-7(3)9/h4-8H,1-3H3;6H,4-5H2,1-3,9H3. The van der Waals surface area contributed by atoms with Crippen LogP contribution in [0.25, 0.3) is 0 Å². The van der Waals surface area contributed by atoms with Crippen LogP contribution in [-0.2, 0) is 10.3 Å². The summed E-state index contributed by atoms with van der Waals surface area (Å²) in [7, 11) is 2.96. The zero-order valence-corrected chi connectivity index (χ0v) is 15.7. The van der Waals surface area contributed by atoms with Crippen molar-refractivity contribution in [2.75, 3.05) is 7.05 Å². The lowest BCUT2D eigenvalue weighted by Gasteiger charge is -2.18. The average Bonchev–Trinajstić information content (AvgIpc) is 2.29. The molecule has 1 atom stereocenters. The van der Waals surface area contributed by atoms with E-state index in [4.69, 9.17) is 4.84 Å². The number of hydroxylamine groups is 1. The van der Waals surface area contributed by atoms with Crippen molar-refractivity contribution in [1.82, 2.24) is 4.73 Å². The van der Waals surface area contributed by atoms with E-state index in [-0.39, 0.29) is 0 Å². The lowest BCUT2D eigenvalue weighted by atomic mass is 9.87. The highest BCUT2D eigenvalue weighted by Crippen LogP contribution is 2.20. The van der Waals surface area contributed by atoms with Gasteiger partial charge in [0.1, 0.15) is 10.4 Å². The van der Waals surface area contributed by atoms with Gasteiger partial charge in [-0.15, -0.1) is 0 Å². The van der Waals surface area contributed by atoms with Gasteiger partial charge in [0.15, 0.2) is 0 Å². The largest absolute Gasteiger partial charge is 0.304 e. The molecule has 0 bridgehead atoms. The minimum Gasteiger partial charge on any atom is -0.304 e. The van der Waals surface area contributed by atoms with Crippen molar-refractivity contribution in [3.8, 4) is 0 Å². The molecule has 0 N–H and O–H groups in total. The Balaban J connectivity index is 0.000000344. The summed E-state index contributed by atoms with van der Waals surface area (Å²) < 4.78 is 1.89. The number of benzene rings is 1. The van der Waals surface area contributed by atoms with Gasteiger partial charge in [0.05, 0.1) is 6.10 Å². The Morgan fingerprint density at radius 2 is 1.74 bits per heavy atom. The molecule has 110 valence electrons. The number of nitrogens with zero attached hydrogens (tertiary/aromatic N) is 1. The zero-order valence-electron chi connectivity index (χ0n) is 13.7. The van der Waals surface area contributed by atoms with Gasteiger partial charge in [-0.05, 0) is 24.3 Å². The number of hydrogen-bond acceptors (Lipinski definition) is 2. The lowest BCUT2D eigenvalue weighted by Crippen LogP contribution is -2.21. The van der Waals surface area contributed by atoms with Crippen LogP contribution in [-0.4, -0.2) is 28.3 Å². The van der Waals surface area contributed by atoms with Crippen molar-refractivity contribution >= 4 is 10.4 Å². The van der Waals surface area contributed by atoms with E-state index in [1.165, 1.54) is 12.0 Å². The predicted molar refractivity (Wildman–Crippen MR) is 88.3 cm³/mol. The van der Waals surface area contributed by atoms with Crippen LogP contribution < -0.4 is 0 Å². The van der Waals surface area contributed by atoms with Crippen LogP contribution in [0.1, 0.15) is 53.0 Å². The van der Waals surface area contributed by atoms with E-state index in [9.17, 15) is 0 Å². The van der Waals surface area contributed by atoms with Gasteiger partial charge in [0.2, 0.25) is 0 Å². The minimum atomic E-state index is 0.293. The van der Waals surface area contributed by atoms with Gasteiger partial charge in [-0.2, -0.15) is 0 Å². The molecule has 19 heavy (non-hydrogen) atoms. The molecule has 0 aromatic heterocycles. The first kappa shape index (κ1) is 18.4. The van der Waals surface area contributed by atoms with Crippen LogP contribution in [0.2, 0.25) is 0 Å². The van der Waals surface area contributed by atoms with Gasteiger partial charge >= 0.3 is 0 Å². The third-order valence-electron chi connectivity index (χ3n) is 2.73. The number of rotatable bonds is 4. The maximum Gasteiger partial charge on any atom is 0.113 e. The molecule has 0 saturated heterocycles. The first-order valence-electron chi connectivity index (χ1n) is 7.17. The molecule has 3 heteroatoms. The quantitative estimate of drug-likeness (QED) is 0.620. The second-order valence-electron chi connectivity index (χ2n) is 6.13. The minimum absolute atomic E-state index is 0.293. The Morgan fingerprint density at radius 3 is 2.05 bits per heavy atom. The summed E-state index contributed by atoms with van der Waals surface area (Å²) >= 11 is 0. The third-order valence-corrected chi connectivity index (χ3v) is 2.94. The molecule has 0 spiro atoms. The molecule has 1 aromatic rings. The molecule has 0 aliphatic carbocycles. The van der Waals surface area contributed by atoms with Crippen LogP contribution in [0.15, 0.2) is 30.3 Å². The molecule has 0 amide bonds.